The number of methoxy groups -OCH3 is 1. The second-order valence-electron chi connectivity index (χ2n) is 6.80. The average Bonchev–Trinajstić information content (AvgIpc) is 2.37. The van der Waals surface area contributed by atoms with E-state index < -0.39 is 11.9 Å². The summed E-state index contributed by atoms with van der Waals surface area (Å²) < 4.78 is 5.36. The van der Waals surface area contributed by atoms with Gasteiger partial charge in [0.15, 0.2) is 0 Å². The summed E-state index contributed by atoms with van der Waals surface area (Å²) in [5.41, 5.74) is -0.300. The van der Waals surface area contributed by atoms with Crippen LogP contribution in [0, 0.1) is 11.8 Å². The molecular weight excluding hydrogens is 272 g/mol. The van der Waals surface area contributed by atoms with Crippen LogP contribution in [0.25, 0.3) is 0 Å². The second-order valence-corrected chi connectivity index (χ2v) is 6.80. The number of piperidine rings is 1. The lowest BCUT2D eigenvalue weighted by Gasteiger charge is -2.36. The van der Waals surface area contributed by atoms with Gasteiger partial charge in [-0.1, -0.05) is 6.92 Å². The molecule has 1 saturated heterocycles. The van der Waals surface area contributed by atoms with E-state index in [0.717, 1.165) is 0 Å². The zero-order chi connectivity index (χ0) is 16.2. The van der Waals surface area contributed by atoms with Crippen molar-refractivity contribution in [2.24, 2.45) is 11.8 Å². The molecule has 1 aliphatic rings. The molecule has 1 heterocycles. The number of carbonyl (C=O) groups excluding carboxylic acids is 1. The molecule has 0 spiro atoms. The smallest absolute Gasteiger partial charge is 0.317 e. The monoisotopic (exact) mass is 300 g/mol. The molecule has 6 heteroatoms. The minimum absolute atomic E-state index is 0.0343. The average molecular weight is 300 g/mol. The number of nitrogens with one attached hydrogen (secondary N) is 1. The maximum Gasteiger partial charge on any atom is 0.317 e. The summed E-state index contributed by atoms with van der Waals surface area (Å²) in [4.78, 5) is 25.0. The van der Waals surface area contributed by atoms with Gasteiger partial charge in [0, 0.05) is 26.2 Å². The Labute approximate surface area is 126 Å². The first-order chi connectivity index (χ1) is 9.64. The topological polar surface area (TPSA) is 78.9 Å². The minimum atomic E-state index is -0.826. The van der Waals surface area contributed by atoms with Crippen molar-refractivity contribution in [3.63, 3.8) is 0 Å². The Bertz CT molecular complexity index is 384. The molecule has 2 amide bonds. The van der Waals surface area contributed by atoms with Crippen molar-refractivity contribution < 1.29 is 19.4 Å². The summed E-state index contributed by atoms with van der Waals surface area (Å²) in [5, 5.41) is 12.1. The summed E-state index contributed by atoms with van der Waals surface area (Å²) in [6, 6.07) is -0.222. The number of ether oxygens (including phenoxy) is 1. The Hall–Kier alpha value is -1.30. The number of aliphatic carboxylic acids is 1. The molecule has 122 valence electrons. The molecule has 0 aromatic carbocycles. The fourth-order valence-corrected chi connectivity index (χ4v) is 2.87. The first-order valence-corrected chi connectivity index (χ1v) is 7.48. The third-order valence-corrected chi connectivity index (χ3v) is 4.02. The van der Waals surface area contributed by atoms with Crippen molar-refractivity contribution in [2.75, 3.05) is 20.2 Å². The lowest BCUT2D eigenvalue weighted by molar-refractivity contribution is -0.143. The van der Waals surface area contributed by atoms with E-state index in [4.69, 9.17) is 9.84 Å². The van der Waals surface area contributed by atoms with Gasteiger partial charge in [0.2, 0.25) is 0 Å². The van der Waals surface area contributed by atoms with Gasteiger partial charge in [-0.3, -0.25) is 4.79 Å². The van der Waals surface area contributed by atoms with Gasteiger partial charge < -0.3 is 20.1 Å². The summed E-state index contributed by atoms with van der Waals surface area (Å²) in [7, 11) is 1.65. The number of carboxylic acids is 1. The number of rotatable bonds is 5. The van der Waals surface area contributed by atoms with E-state index in [9.17, 15) is 9.59 Å². The van der Waals surface area contributed by atoms with Crippen LogP contribution >= 0.6 is 0 Å². The van der Waals surface area contributed by atoms with E-state index in [1.165, 1.54) is 0 Å². The molecule has 0 radical (unpaired) electrons. The SMILES string of the molecule is COC(C)(C)CC(C)NC(=O)N1CC(C)CC(C(=O)O)C1. The highest BCUT2D eigenvalue weighted by Gasteiger charge is 2.32. The van der Waals surface area contributed by atoms with Crippen molar-refractivity contribution in [1.82, 2.24) is 10.2 Å². The molecule has 6 nitrogen and oxygen atoms in total. The first-order valence-electron chi connectivity index (χ1n) is 7.48. The zero-order valence-electron chi connectivity index (χ0n) is 13.7. The van der Waals surface area contributed by atoms with Gasteiger partial charge in [-0.2, -0.15) is 0 Å². The second kappa shape index (κ2) is 7.11. The standard InChI is InChI=1S/C15H28N2O4/c1-10-6-12(13(18)19)9-17(8-10)14(20)16-11(2)7-15(3,4)21-5/h10-12H,6-9H2,1-5H3,(H,16,20)(H,18,19). The number of nitrogens with zero attached hydrogens (tertiary/aromatic N) is 1. The Morgan fingerprint density at radius 3 is 2.57 bits per heavy atom. The molecule has 0 aromatic heterocycles. The Morgan fingerprint density at radius 2 is 2.05 bits per heavy atom. The highest BCUT2D eigenvalue weighted by molar-refractivity contribution is 5.76. The first kappa shape index (κ1) is 17.8. The summed E-state index contributed by atoms with van der Waals surface area (Å²) >= 11 is 0. The molecule has 1 rings (SSSR count). The summed E-state index contributed by atoms with van der Waals surface area (Å²) in [6.45, 7) is 8.74. The Kier molecular flexibility index (Phi) is 6.01. The normalized spacial score (nSPS) is 24.5. The fourth-order valence-electron chi connectivity index (χ4n) is 2.87. The predicted molar refractivity (Wildman–Crippen MR) is 80.2 cm³/mol. The largest absolute Gasteiger partial charge is 0.481 e. The highest BCUT2D eigenvalue weighted by atomic mass is 16.5. The van der Waals surface area contributed by atoms with Gasteiger partial charge in [-0.05, 0) is 39.5 Å². The van der Waals surface area contributed by atoms with Crippen LogP contribution in [-0.4, -0.2) is 53.8 Å². The van der Waals surface area contributed by atoms with Crippen LogP contribution in [-0.2, 0) is 9.53 Å². The van der Waals surface area contributed by atoms with Crippen LogP contribution in [0.1, 0.15) is 40.5 Å². The Morgan fingerprint density at radius 1 is 1.43 bits per heavy atom. The number of hydrogen-bond donors (Lipinski definition) is 2. The maximum absolute atomic E-state index is 12.3. The number of urea groups is 1. The molecule has 3 unspecified atom stereocenters. The molecule has 0 bridgehead atoms. The van der Waals surface area contributed by atoms with E-state index in [-0.39, 0.29) is 30.1 Å². The van der Waals surface area contributed by atoms with Crippen molar-refractivity contribution in [3.05, 3.63) is 0 Å². The number of carboxylic acid groups (broad SMARTS) is 1. The summed E-state index contributed by atoms with van der Waals surface area (Å²) in [6.07, 6.45) is 1.33. The fraction of sp³-hybridized carbons (Fsp3) is 0.867. The van der Waals surface area contributed by atoms with Crippen molar-refractivity contribution in [2.45, 2.75) is 52.2 Å². The lowest BCUT2D eigenvalue weighted by Crippen LogP contribution is -2.52. The van der Waals surface area contributed by atoms with Gasteiger partial charge in [-0.25, -0.2) is 4.79 Å². The quantitative estimate of drug-likeness (QED) is 0.813. The predicted octanol–water partition coefficient (Wildman–Crippen LogP) is 1.94. The summed E-state index contributed by atoms with van der Waals surface area (Å²) in [5.74, 6) is -1.09. The third-order valence-electron chi connectivity index (χ3n) is 4.02. The molecule has 1 aliphatic heterocycles. The zero-order valence-corrected chi connectivity index (χ0v) is 13.7. The molecule has 0 aliphatic carbocycles. The minimum Gasteiger partial charge on any atom is -0.481 e. The number of hydrogen-bond acceptors (Lipinski definition) is 3. The van der Waals surface area contributed by atoms with Crippen LogP contribution in [0.2, 0.25) is 0 Å². The van der Waals surface area contributed by atoms with E-state index in [1.54, 1.807) is 12.0 Å². The number of amides is 2. The molecule has 0 saturated carbocycles. The van der Waals surface area contributed by atoms with Gasteiger partial charge in [-0.15, -0.1) is 0 Å². The molecule has 2 N–H and O–H groups in total. The van der Waals surface area contributed by atoms with Crippen LogP contribution < -0.4 is 5.32 Å². The van der Waals surface area contributed by atoms with Crippen molar-refractivity contribution in [3.8, 4) is 0 Å². The Balaban J connectivity index is 2.56. The van der Waals surface area contributed by atoms with Gasteiger partial charge >= 0.3 is 12.0 Å². The highest BCUT2D eigenvalue weighted by Crippen LogP contribution is 2.22. The van der Waals surface area contributed by atoms with Gasteiger partial charge in [0.1, 0.15) is 0 Å². The molecule has 1 fully saturated rings. The lowest BCUT2D eigenvalue weighted by atomic mass is 9.91. The molecule has 3 atom stereocenters. The van der Waals surface area contributed by atoms with E-state index >= 15 is 0 Å². The van der Waals surface area contributed by atoms with Gasteiger partial charge in [0.25, 0.3) is 0 Å². The van der Waals surface area contributed by atoms with Crippen LogP contribution in [0.4, 0.5) is 4.79 Å². The van der Waals surface area contributed by atoms with Crippen LogP contribution in [0.15, 0.2) is 0 Å². The third kappa shape index (κ3) is 5.53. The van der Waals surface area contributed by atoms with E-state index in [2.05, 4.69) is 5.32 Å². The van der Waals surface area contributed by atoms with Crippen molar-refractivity contribution in [1.29, 1.82) is 0 Å². The molecule has 0 aromatic rings. The van der Waals surface area contributed by atoms with Crippen LogP contribution in [0.3, 0.4) is 0 Å². The molecular formula is C15H28N2O4. The molecule has 21 heavy (non-hydrogen) atoms. The van der Waals surface area contributed by atoms with Crippen molar-refractivity contribution >= 4 is 12.0 Å². The van der Waals surface area contributed by atoms with E-state index in [1.807, 2.05) is 27.7 Å². The van der Waals surface area contributed by atoms with E-state index in [0.29, 0.717) is 19.4 Å². The van der Waals surface area contributed by atoms with Crippen LogP contribution in [0.5, 0.6) is 0 Å². The number of likely N-dealkylation sites (tertiary alicyclic amines) is 1. The number of carbonyl (C=O) groups is 2. The maximum atomic E-state index is 12.3. The van der Waals surface area contributed by atoms with Gasteiger partial charge in [0.05, 0.1) is 11.5 Å².